The summed E-state index contributed by atoms with van der Waals surface area (Å²) in [6.07, 6.45) is 3.03. The number of unbranched alkanes of at least 4 members (excludes halogenated alkanes) is 1. The topological polar surface area (TPSA) is 86.6 Å². The van der Waals surface area contributed by atoms with Crippen molar-refractivity contribution in [2.45, 2.75) is 33.1 Å². The van der Waals surface area contributed by atoms with E-state index in [0.29, 0.717) is 16.9 Å². The second kappa shape index (κ2) is 9.27. The Hall–Kier alpha value is -3.60. The van der Waals surface area contributed by atoms with Gasteiger partial charge in [0, 0.05) is 16.8 Å². The van der Waals surface area contributed by atoms with Gasteiger partial charge in [-0.05, 0) is 55.2 Å². The summed E-state index contributed by atoms with van der Waals surface area (Å²) in [5.41, 5.74) is 3.32. The summed E-state index contributed by atoms with van der Waals surface area (Å²) in [5, 5.41) is 23.2. The average Bonchev–Trinajstić information content (AvgIpc) is 2.76. The molecule has 5 heteroatoms. The third-order valence-electron chi connectivity index (χ3n) is 5.19. The Morgan fingerprint density at radius 2 is 1.50 bits per heavy atom. The minimum absolute atomic E-state index is 0.0451. The maximum Gasteiger partial charge on any atom is 0.336 e. The summed E-state index contributed by atoms with van der Waals surface area (Å²) in [7, 11) is 0. The van der Waals surface area contributed by atoms with Crippen LogP contribution in [0.15, 0.2) is 60.7 Å². The van der Waals surface area contributed by atoms with Crippen LogP contribution in [0.1, 0.15) is 57.2 Å². The quantitative estimate of drug-likeness (QED) is 0.331. The molecule has 0 saturated heterocycles. The smallest absolute Gasteiger partial charge is 0.336 e. The Balaban J connectivity index is 1.97. The van der Waals surface area contributed by atoms with Crippen LogP contribution < -0.4 is 5.32 Å². The fourth-order valence-corrected chi connectivity index (χ4v) is 3.43. The van der Waals surface area contributed by atoms with Crippen molar-refractivity contribution >= 4 is 23.1 Å². The summed E-state index contributed by atoms with van der Waals surface area (Å²) >= 11 is 0. The maximum absolute atomic E-state index is 13.1. The molecule has 0 radical (unpaired) electrons. The van der Waals surface area contributed by atoms with E-state index in [-0.39, 0.29) is 16.9 Å². The van der Waals surface area contributed by atoms with Gasteiger partial charge >= 0.3 is 5.97 Å². The van der Waals surface area contributed by atoms with E-state index in [0.717, 1.165) is 30.4 Å². The van der Waals surface area contributed by atoms with Crippen molar-refractivity contribution in [1.82, 2.24) is 0 Å². The molecule has 0 heterocycles. The Kier molecular flexibility index (Phi) is 6.52. The van der Waals surface area contributed by atoms with Crippen molar-refractivity contribution in [1.29, 1.82) is 0 Å². The standard InChI is InChI=1S/C25H25NO4/c1-3-4-9-17-14-15-22(23(27)16(17)2)26-21-13-8-7-12-20(21)24(28)18-10-5-6-11-19(18)25(29)30/h5-8,10-15,26-27H,3-4,9H2,1-2H3,(H,29,30). The number of anilines is 2. The molecular formula is C25H25NO4. The second-order valence-electron chi connectivity index (χ2n) is 7.20. The number of aromatic hydroxyl groups is 1. The number of aromatic carboxylic acids is 1. The lowest BCUT2D eigenvalue weighted by atomic mass is 9.97. The van der Waals surface area contributed by atoms with Gasteiger partial charge < -0.3 is 15.5 Å². The number of nitrogens with one attached hydrogen (secondary N) is 1. The molecule has 3 N–H and O–H groups in total. The Morgan fingerprint density at radius 1 is 0.867 bits per heavy atom. The van der Waals surface area contributed by atoms with Crippen molar-refractivity contribution in [3.63, 3.8) is 0 Å². The number of hydrogen-bond donors (Lipinski definition) is 3. The molecule has 3 rings (SSSR count). The highest BCUT2D eigenvalue weighted by Crippen LogP contribution is 2.34. The number of carbonyl (C=O) groups is 2. The van der Waals surface area contributed by atoms with Crippen LogP contribution in [0.25, 0.3) is 0 Å². The van der Waals surface area contributed by atoms with Crippen LogP contribution in [0.3, 0.4) is 0 Å². The zero-order chi connectivity index (χ0) is 21.7. The van der Waals surface area contributed by atoms with E-state index in [4.69, 9.17) is 0 Å². The number of ketones is 1. The molecule has 154 valence electrons. The summed E-state index contributed by atoms with van der Waals surface area (Å²) < 4.78 is 0. The Morgan fingerprint density at radius 3 is 2.17 bits per heavy atom. The lowest BCUT2D eigenvalue weighted by Crippen LogP contribution is -2.11. The first-order valence-electron chi connectivity index (χ1n) is 9.98. The van der Waals surface area contributed by atoms with Crippen LogP contribution >= 0.6 is 0 Å². The number of carbonyl (C=O) groups excluding carboxylic acids is 1. The third-order valence-corrected chi connectivity index (χ3v) is 5.19. The molecule has 5 nitrogen and oxygen atoms in total. The molecule has 0 aliphatic carbocycles. The zero-order valence-corrected chi connectivity index (χ0v) is 17.1. The highest BCUT2D eigenvalue weighted by molar-refractivity contribution is 6.16. The van der Waals surface area contributed by atoms with Gasteiger partial charge in [0.2, 0.25) is 0 Å². The summed E-state index contributed by atoms with van der Waals surface area (Å²) in [6.45, 7) is 4.01. The molecular weight excluding hydrogens is 378 g/mol. The number of hydrogen-bond acceptors (Lipinski definition) is 4. The van der Waals surface area contributed by atoms with E-state index in [1.807, 2.05) is 13.0 Å². The molecule has 3 aromatic carbocycles. The summed E-state index contributed by atoms with van der Waals surface area (Å²) in [5.74, 6) is -1.40. The van der Waals surface area contributed by atoms with Crippen molar-refractivity contribution in [2.24, 2.45) is 0 Å². The number of benzene rings is 3. The fourth-order valence-electron chi connectivity index (χ4n) is 3.43. The first-order valence-corrected chi connectivity index (χ1v) is 9.98. The SMILES string of the molecule is CCCCc1ccc(Nc2ccccc2C(=O)c2ccccc2C(=O)O)c(O)c1C. The molecule has 0 bridgehead atoms. The van der Waals surface area contributed by atoms with E-state index >= 15 is 0 Å². The number of rotatable bonds is 8. The van der Waals surface area contributed by atoms with Crippen LogP contribution in [0.2, 0.25) is 0 Å². The fraction of sp³-hybridized carbons (Fsp3) is 0.200. The molecule has 0 unspecified atom stereocenters. The summed E-state index contributed by atoms with van der Waals surface area (Å²) in [4.78, 5) is 24.7. The van der Waals surface area contributed by atoms with Crippen LogP contribution in [0.4, 0.5) is 11.4 Å². The molecule has 30 heavy (non-hydrogen) atoms. The van der Waals surface area contributed by atoms with Crippen molar-refractivity contribution in [3.8, 4) is 5.75 Å². The number of phenolic OH excluding ortho intramolecular Hbond substituents is 1. The molecule has 3 aromatic rings. The maximum atomic E-state index is 13.1. The third kappa shape index (κ3) is 4.35. The minimum Gasteiger partial charge on any atom is -0.505 e. The molecule has 0 atom stereocenters. The predicted octanol–water partition coefficient (Wildman–Crippen LogP) is 5.72. The van der Waals surface area contributed by atoms with E-state index < -0.39 is 11.8 Å². The highest BCUT2D eigenvalue weighted by atomic mass is 16.4. The van der Waals surface area contributed by atoms with Gasteiger partial charge in [-0.3, -0.25) is 4.79 Å². The monoisotopic (exact) mass is 403 g/mol. The average molecular weight is 403 g/mol. The van der Waals surface area contributed by atoms with Gasteiger partial charge in [0.25, 0.3) is 0 Å². The first kappa shape index (κ1) is 21.1. The molecule has 0 saturated carbocycles. The number of aryl methyl sites for hydroxylation is 1. The predicted molar refractivity (Wildman–Crippen MR) is 118 cm³/mol. The number of para-hydroxylation sites is 1. The first-order chi connectivity index (χ1) is 14.4. The van der Waals surface area contributed by atoms with Crippen LogP contribution in [-0.4, -0.2) is 22.0 Å². The molecule has 0 spiro atoms. The minimum atomic E-state index is -1.15. The van der Waals surface area contributed by atoms with Crippen LogP contribution in [-0.2, 0) is 6.42 Å². The van der Waals surface area contributed by atoms with Gasteiger partial charge in [-0.15, -0.1) is 0 Å². The Labute approximate surface area is 176 Å². The molecule has 0 aliphatic heterocycles. The molecule has 0 aromatic heterocycles. The lowest BCUT2D eigenvalue weighted by molar-refractivity contribution is 0.0693. The number of phenols is 1. The Bertz CT molecular complexity index is 1090. The number of carboxylic acids is 1. The van der Waals surface area contributed by atoms with Crippen LogP contribution in [0, 0.1) is 6.92 Å². The van der Waals surface area contributed by atoms with Gasteiger partial charge in [0.05, 0.1) is 11.3 Å². The van der Waals surface area contributed by atoms with Crippen molar-refractivity contribution in [3.05, 3.63) is 88.5 Å². The van der Waals surface area contributed by atoms with Crippen molar-refractivity contribution in [2.75, 3.05) is 5.32 Å². The largest absolute Gasteiger partial charge is 0.505 e. The van der Waals surface area contributed by atoms with E-state index in [1.54, 1.807) is 42.5 Å². The van der Waals surface area contributed by atoms with Gasteiger partial charge in [0.1, 0.15) is 5.75 Å². The normalized spacial score (nSPS) is 10.6. The zero-order valence-electron chi connectivity index (χ0n) is 17.1. The van der Waals surface area contributed by atoms with Gasteiger partial charge in [-0.2, -0.15) is 0 Å². The highest BCUT2D eigenvalue weighted by Gasteiger charge is 2.20. The number of carboxylic acid groups (broad SMARTS) is 1. The van der Waals surface area contributed by atoms with Gasteiger partial charge in [0.15, 0.2) is 5.78 Å². The van der Waals surface area contributed by atoms with E-state index in [1.165, 1.54) is 12.1 Å². The van der Waals surface area contributed by atoms with Gasteiger partial charge in [-0.25, -0.2) is 4.79 Å². The van der Waals surface area contributed by atoms with Crippen molar-refractivity contribution < 1.29 is 19.8 Å². The molecule has 0 fully saturated rings. The van der Waals surface area contributed by atoms with Crippen LogP contribution in [0.5, 0.6) is 5.75 Å². The second-order valence-corrected chi connectivity index (χ2v) is 7.20. The van der Waals surface area contributed by atoms with E-state index in [2.05, 4.69) is 12.2 Å². The lowest BCUT2D eigenvalue weighted by Gasteiger charge is -2.16. The molecule has 0 aliphatic rings. The summed E-state index contributed by atoms with van der Waals surface area (Å²) in [6, 6.07) is 16.8. The van der Waals surface area contributed by atoms with Gasteiger partial charge in [-0.1, -0.05) is 49.7 Å². The van der Waals surface area contributed by atoms with E-state index in [9.17, 15) is 19.8 Å². The molecule has 0 amide bonds.